The molecule has 0 spiro atoms. The fourth-order valence-electron chi connectivity index (χ4n) is 4.34. The molecular formula is C33H32Cl2F2SiZr-2. The van der Waals surface area contributed by atoms with E-state index >= 15 is 0 Å². The summed E-state index contributed by atoms with van der Waals surface area (Å²) in [6, 6.07) is 32.5. The largest absolute Gasteiger partial charge is 1.00 e. The summed E-state index contributed by atoms with van der Waals surface area (Å²) in [5, 5.41) is 1.56. The van der Waals surface area contributed by atoms with Crippen LogP contribution >= 0.6 is 0 Å². The third kappa shape index (κ3) is 10.1. The van der Waals surface area contributed by atoms with Crippen LogP contribution in [0.4, 0.5) is 8.78 Å². The second-order valence-corrected chi connectivity index (χ2v) is 16.5. The average molecular weight is 657 g/mol. The molecule has 0 aromatic heterocycles. The van der Waals surface area contributed by atoms with Crippen LogP contribution in [0.3, 0.4) is 0 Å². The van der Waals surface area contributed by atoms with Crippen LogP contribution in [0.5, 0.6) is 0 Å². The van der Waals surface area contributed by atoms with Crippen molar-refractivity contribution in [1.82, 2.24) is 0 Å². The van der Waals surface area contributed by atoms with Gasteiger partial charge in [-0.2, -0.15) is 0 Å². The van der Waals surface area contributed by atoms with Crippen LogP contribution in [0.15, 0.2) is 103 Å². The molecule has 0 fully saturated rings. The Morgan fingerprint density at radius 2 is 0.897 bits per heavy atom. The van der Waals surface area contributed by atoms with Gasteiger partial charge >= 0.3 is 70.8 Å². The molecule has 0 bridgehead atoms. The quantitative estimate of drug-likeness (QED) is 0.207. The number of hydrogen-bond donors (Lipinski definition) is 0. The summed E-state index contributed by atoms with van der Waals surface area (Å²) in [7, 11) is 0. The molecule has 0 unspecified atom stereocenters. The van der Waals surface area contributed by atoms with E-state index in [1.54, 1.807) is 52.8 Å². The molecule has 39 heavy (non-hydrogen) atoms. The Kier molecular flexibility index (Phi) is 15.1. The molecule has 202 valence electrons. The smallest absolute Gasteiger partial charge is 0.0898 e. The molecule has 0 amide bonds. The van der Waals surface area contributed by atoms with E-state index < -0.39 is 0 Å². The Balaban J connectivity index is 0.000000292. The van der Waals surface area contributed by atoms with Crippen molar-refractivity contribution in [2.45, 2.75) is 34.2 Å². The Morgan fingerprint density at radius 1 is 0.538 bits per heavy atom. The zero-order chi connectivity index (χ0) is 26.9. The topological polar surface area (TPSA) is 0 Å². The van der Waals surface area contributed by atoms with Crippen LogP contribution in [-0.2, 0) is 23.3 Å². The van der Waals surface area contributed by atoms with E-state index in [0.29, 0.717) is 0 Å². The summed E-state index contributed by atoms with van der Waals surface area (Å²) in [6.45, 7) is 10.5. The standard InChI is InChI=1S/2C13H12F.C7H8Si.2ClH.Zr/c2*1-9-6-7-10(2)13(9)11-4-3-5-12(14)8-11;1-8-7-5-3-2-4-6-7;;;/h2*3-8H,1-2H3;2-6H,1H3;2*1H;/q2*-1;;;;+2/p-2. The predicted octanol–water partition coefficient (Wildman–Crippen LogP) is 2.73. The van der Waals surface area contributed by atoms with E-state index in [9.17, 15) is 8.78 Å². The van der Waals surface area contributed by atoms with E-state index in [1.807, 2.05) is 39.8 Å². The van der Waals surface area contributed by atoms with Crippen LogP contribution < -0.4 is 30.0 Å². The van der Waals surface area contributed by atoms with Gasteiger partial charge in [0.15, 0.2) is 0 Å². The first-order valence-electron chi connectivity index (χ1n) is 12.3. The molecule has 0 aliphatic rings. The maximum Gasteiger partial charge on any atom is 0.0898 e. The van der Waals surface area contributed by atoms with Gasteiger partial charge in [0.2, 0.25) is 0 Å². The summed E-state index contributed by atoms with van der Waals surface area (Å²) >= 11 is 1.69. The fourth-order valence-corrected chi connectivity index (χ4v) is 6.26. The zero-order valence-electron chi connectivity index (χ0n) is 22.8. The van der Waals surface area contributed by atoms with Crippen molar-refractivity contribution in [3.8, 4) is 22.3 Å². The van der Waals surface area contributed by atoms with Gasteiger partial charge in [-0.1, -0.05) is 63.1 Å². The summed E-state index contributed by atoms with van der Waals surface area (Å²) in [6.07, 6.45) is 0. The average Bonchev–Trinajstić information content (AvgIpc) is 3.40. The van der Waals surface area contributed by atoms with Crippen molar-refractivity contribution in [2.75, 3.05) is 0 Å². The molecule has 0 saturated carbocycles. The molecule has 6 heteroatoms. The number of hydrogen-bond acceptors (Lipinski definition) is 0. The van der Waals surface area contributed by atoms with Crippen LogP contribution in [0.1, 0.15) is 22.3 Å². The third-order valence-electron chi connectivity index (χ3n) is 6.18. The number of halogens is 4. The molecule has 0 radical (unpaired) electrons. The number of rotatable bonds is 3. The predicted molar refractivity (Wildman–Crippen MR) is 151 cm³/mol. The molecule has 0 atom stereocenters. The Bertz CT molecular complexity index is 1350. The van der Waals surface area contributed by atoms with Crippen LogP contribution in [-0.4, -0.2) is 5.43 Å². The molecule has 0 N–H and O–H groups in total. The maximum atomic E-state index is 13.0. The summed E-state index contributed by atoms with van der Waals surface area (Å²) in [4.78, 5) is 0. The first kappa shape index (κ1) is 34.9. The van der Waals surface area contributed by atoms with Crippen molar-refractivity contribution in [2.24, 2.45) is 0 Å². The van der Waals surface area contributed by atoms with Crippen LogP contribution in [0.25, 0.3) is 22.3 Å². The van der Waals surface area contributed by atoms with Crippen molar-refractivity contribution in [3.05, 3.63) is 137 Å². The normalized spacial score (nSPS) is 9.67. The van der Waals surface area contributed by atoms with Gasteiger partial charge in [-0.05, 0) is 12.1 Å². The van der Waals surface area contributed by atoms with Gasteiger partial charge in [-0.25, -0.2) is 8.78 Å². The van der Waals surface area contributed by atoms with Gasteiger partial charge in [-0.15, -0.1) is 69.8 Å². The van der Waals surface area contributed by atoms with Gasteiger partial charge in [0.1, 0.15) is 0 Å². The van der Waals surface area contributed by atoms with Crippen LogP contribution in [0.2, 0.25) is 6.55 Å². The molecule has 0 nitrogen and oxygen atoms in total. The van der Waals surface area contributed by atoms with Crippen LogP contribution in [0, 0.1) is 39.3 Å². The van der Waals surface area contributed by atoms with Crippen molar-refractivity contribution < 1.29 is 56.9 Å². The van der Waals surface area contributed by atoms with Crippen molar-refractivity contribution in [1.29, 1.82) is 0 Å². The number of benzene rings is 3. The monoisotopic (exact) mass is 654 g/mol. The maximum absolute atomic E-state index is 13.0. The van der Waals surface area contributed by atoms with Gasteiger partial charge in [0.05, 0.1) is 11.6 Å². The SMILES string of the molecule is C[Si](=[Zr+2])c1ccccc1.Cc1ccc(C)[c-]1-c1cccc(F)c1.Cc1ccc(C)[c-]1-c1cccc(F)c1.[Cl-].[Cl-]. The Hall–Kier alpha value is -2.10. The molecule has 0 heterocycles. The molecule has 0 saturated heterocycles. The van der Waals surface area contributed by atoms with Gasteiger partial charge in [0, 0.05) is 0 Å². The summed E-state index contributed by atoms with van der Waals surface area (Å²) < 4.78 is 26.0. The minimum atomic E-state index is -0.178. The summed E-state index contributed by atoms with van der Waals surface area (Å²) in [5.41, 5.74) is 8.93. The first-order chi connectivity index (χ1) is 17.7. The van der Waals surface area contributed by atoms with Gasteiger partial charge in [0.25, 0.3) is 0 Å². The van der Waals surface area contributed by atoms with Gasteiger partial charge < -0.3 is 24.8 Å². The minimum Gasteiger partial charge on any atom is -1.00 e. The zero-order valence-corrected chi connectivity index (χ0v) is 27.8. The molecule has 5 rings (SSSR count). The first-order valence-corrected chi connectivity index (χ1v) is 17.9. The Labute approximate surface area is 259 Å². The third-order valence-corrected chi connectivity index (χ3v) is 9.51. The molecule has 0 aliphatic heterocycles. The van der Waals surface area contributed by atoms with Gasteiger partial charge in [-0.3, -0.25) is 0 Å². The van der Waals surface area contributed by atoms with E-state index in [1.165, 1.54) is 34.4 Å². The van der Waals surface area contributed by atoms with Crippen molar-refractivity contribution in [3.63, 3.8) is 0 Å². The van der Waals surface area contributed by atoms with E-state index in [-0.39, 0.29) is 41.9 Å². The molecule has 0 aliphatic carbocycles. The second kappa shape index (κ2) is 16.9. The number of aryl methyl sites for hydroxylation is 4. The molecule has 5 aromatic carbocycles. The fraction of sp³-hybridized carbons (Fsp3) is 0.152. The van der Waals surface area contributed by atoms with E-state index in [2.05, 4.69) is 61.1 Å². The van der Waals surface area contributed by atoms with Crippen molar-refractivity contribution >= 4 is 10.6 Å². The van der Waals surface area contributed by atoms with E-state index in [4.69, 9.17) is 0 Å². The molecule has 5 aromatic rings. The minimum absolute atomic E-state index is 0. The molecular weight excluding hydrogens is 625 g/mol. The van der Waals surface area contributed by atoms with E-state index in [0.717, 1.165) is 22.3 Å². The Morgan fingerprint density at radius 3 is 1.18 bits per heavy atom. The second-order valence-electron chi connectivity index (χ2n) is 9.16. The summed E-state index contributed by atoms with van der Waals surface area (Å²) in [5.74, 6) is -0.356.